The molecule has 1 fully saturated rings. The van der Waals surface area contributed by atoms with Crippen LogP contribution in [0.15, 0.2) is 24.3 Å². The molecule has 1 aromatic rings. The lowest BCUT2D eigenvalue weighted by Crippen LogP contribution is -2.25. The molecular weight excluding hydrogens is 230 g/mol. The Hall–Kier alpha value is -0.670. The summed E-state index contributed by atoms with van der Waals surface area (Å²) in [6, 6.07) is 9.22. The Morgan fingerprint density at radius 1 is 1.41 bits per heavy atom. The van der Waals surface area contributed by atoms with E-state index in [1.807, 2.05) is 11.8 Å². The van der Waals surface area contributed by atoms with Gasteiger partial charge in [-0.2, -0.15) is 11.8 Å². The van der Waals surface area contributed by atoms with E-state index in [1.165, 1.54) is 35.6 Å². The Labute approximate surface area is 108 Å². The number of rotatable bonds is 5. The zero-order valence-corrected chi connectivity index (χ0v) is 11.0. The van der Waals surface area contributed by atoms with Crippen LogP contribution in [0.3, 0.4) is 0 Å². The van der Waals surface area contributed by atoms with Gasteiger partial charge in [-0.3, -0.25) is 0 Å². The zero-order valence-electron chi connectivity index (χ0n) is 10.2. The Bertz CT molecular complexity index is 337. The van der Waals surface area contributed by atoms with E-state index in [1.54, 1.807) is 0 Å². The predicted molar refractivity (Wildman–Crippen MR) is 75.8 cm³/mol. The highest BCUT2D eigenvalue weighted by Gasteiger charge is 2.13. The van der Waals surface area contributed by atoms with Gasteiger partial charge in [0.05, 0.1) is 0 Å². The number of anilines is 1. The van der Waals surface area contributed by atoms with E-state index in [9.17, 15) is 0 Å². The van der Waals surface area contributed by atoms with Gasteiger partial charge < -0.3 is 10.4 Å². The molecule has 1 aliphatic rings. The minimum absolute atomic E-state index is 0.275. The summed E-state index contributed by atoms with van der Waals surface area (Å²) in [6.45, 7) is 0.275. The number of aliphatic hydroxyl groups is 1. The summed E-state index contributed by atoms with van der Waals surface area (Å²) in [5, 5.41) is 12.5. The summed E-state index contributed by atoms with van der Waals surface area (Å²) in [4.78, 5) is 0. The number of aliphatic hydroxyl groups excluding tert-OH is 1. The smallest absolute Gasteiger partial charge is 0.0434 e. The van der Waals surface area contributed by atoms with Crippen molar-refractivity contribution >= 4 is 17.4 Å². The average molecular weight is 251 g/mol. The molecule has 0 saturated carbocycles. The first kappa shape index (κ1) is 12.8. The Balaban J connectivity index is 1.90. The topological polar surface area (TPSA) is 32.3 Å². The maximum absolute atomic E-state index is 8.84. The van der Waals surface area contributed by atoms with E-state index in [-0.39, 0.29) is 6.61 Å². The van der Waals surface area contributed by atoms with Crippen molar-refractivity contribution in [2.24, 2.45) is 0 Å². The van der Waals surface area contributed by atoms with Crippen molar-refractivity contribution in [2.45, 2.75) is 31.7 Å². The van der Waals surface area contributed by atoms with Gasteiger partial charge in [0.2, 0.25) is 0 Å². The molecule has 1 aromatic carbocycles. The Morgan fingerprint density at radius 2 is 2.35 bits per heavy atom. The minimum Gasteiger partial charge on any atom is -0.396 e. The predicted octanol–water partition coefficient (Wildman–Crippen LogP) is 2.92. The van der Waals surface area contributed by atoms with Gasteiger partial charge in [-0.05, 0) is 49.1 Å². The van der Waals surface area contributed by atoms with Crippen LogP contribution in [-0.2, 0) is 6.42 Å². The molecule has 2 rings (SSSR count). The lowest BCUT2D eigenvalue weighted by molar-refractivity contribution is 0.288. The normalized spacial score (nSPS) is 20.2. The molecule has 0 bridgehead atoms. The van der Waals surface area contributed by atoms with Crippen LogP contribution in [0.25, 0.3) is 0 Å². The molecular formula is C14H21NOS. The van der Waals surface area contributed by atoms with Crippen LogP contribution in [0.1, 0.15) is 24.8 Å². The first-order valence-corrected chi connectivity index (χ1v) is 7.58. The van der Waals surface area contributed by atoms with Gasteiger partial charge in [0.15, 0.2) is 0 Å². The van der Waals surface area contributed by atoms with Gasteiger partial charge in [0.1, 0.15) is 0 Å². The Morgan fingerprint density at radius 3 is 3.12 bits per heavy atom. The monoisotopic (exact) mass is 251 g/mol. The number of hydrogen-bond acceptors (Lipinski definition) is 3. The Kier molecular flexibility index (Phi) is 5.20. The van der Waals surface area contributed by atoms with Crippen LogP contribution < -0.4 is 5.32 Å². The van der Waals surface area contributed by atoms with Crippen LogP contribution >= 0.6 is 11.8 Å². The van der Waals surface area contributed by atoms with E-state index < -0.39 is 0 Å². The maximum Gasteiger partial charge on any atom is 0.0434 e. The van der Waals surface area contributed by atoms with Crippen molar-refractivity contribution in [3.63, 3.8) is 0 Å². The van der Waals surface area contributed by atoms with Gasteiger partial charge in [0.25, 0.3) is 0 Å². The van der Waals surface area contributed by atoms with Gasteiger partial charge in [-0.25, -0.2) is 0 Å². The fraction of sp³-hybridized carbons (Fsp3) is 0.571. The van der Waals surface area contributed by atoms with Crippen molar-refractivity contribution in [3.8, 4) is 0 Å². The second-order valence-electron chi connectivity index (χ2n) is 4.59. The van der Waals surface area contributed by atoms with Gasteiger partial charge >= 0.3 is 0 Å². The SMILES string of the molecule is OCCCc1cccc(N[C@H]2CCCSC2)c1. The van der Waals surface area contributed by atoms with E-state index in [0.29, 0.717) is 6.04 Å². The van der Waals surface area contributed by atoms with Crippen molar-refractivity contribution in [2.75, 3.05) is 23.4 Å². The van der Waals surface area contributed by atoms with E-state index in [2.05, 4.69) is 29.6 Å². The summed E-state index contributed by atoms with van der Waals surface area (Å²) in [7, 11) is 0. The number of benzene rings is 1. The van der Waals surface area contributed by atoms with Crippen LogP contribution in [0.2, 0.25) is 0 Å². The molecule has 0 radical (unpaired) electrons. The summed E-state index contributed by atoms with van der Waals surface area (Å²) >= 11 is 2.04. The van der Waals surface area contributed by atoms with Gasteiger partial charge in [-0.15, -0.1) is 0 Å². The third-order valence-electron chi connectivity index (χ3n) is 3.08. The summed E-state index contributed by atoms with van der Waals surface area (Å²) in [5.74, 6) is 2.54. The molecule has 0 spiro atoms. The highest BCUT2D eigenvalue weighted by atomic mass is 32.2. The molecule has 94 valence electrons. The zero-order chi connectivity index (χ0) is 11.9. The standard InChI is InChI=1S/C14H21NOS/c16-8-2-5-12-4-1-6-13(10-12)15-14-7-3-9-17-11-14/h1,4,6,10,14-16H,2-3,5,7-9,11H2/t14-/m0/s1. The third kappa shape index (κ3) is 4.25. The van der Waals surface area contributed by atoms with Crippen LogP contribution in [0.5, 0.6) is 0 Å². The molecule has 0 unspecified atom stereocenters. The summed E-state index contributed by atoms with van der Waals surface area (Å²) in [6.07, 6.45) is 4.43. The quantitative estimate of drug-likeness (QED) is 0.844. The maximum atomic E-state index is 8.84. The minimum atomic E-state index is 0.275. The number of thioether (sulfide) groups is 1. The molecule has 3 heteroatoms. The fourth-order valence-corrected chi connectivity index (χ4v) is 3.26. The summed E-state index contributed by atoms with van der Waals surface area (Å²) < 4.78 is 0. The molecule has 1 heterocycles. The number of aryl methyl sites for hydroxylation is 1. The largest absolute Gasteiger partial charge is 0.396 e. The van der Waals surface area contributed by atoms with Crippen LogP contribution in [0.4, 0.5) is 5.69 Å². The average Bonchev–Trinajstić information content (AvgIpc) is 2.38. The molecule has 17 heavy (non-hydrogen) atoms. The lowest BCUT2D eigenvalue weighted by Gasteiger charge is -2.23. The molecule has 2 N–H and O–H groups in total. The molecule has 0 aliphatic carbocycles. The first-order valence-electron chi connectivity index (χ1n) is 6.42. The number of nitrogens with one attached hydrogen (secondary N) is 1. The van der Waals surface area contributed by atoms with Gasteiger partial charge in [0, 0.05) is 24.1 Å². The molecule has 1 atom stereocenters. The van der Waals surface area contributed by atoms with Crippen molar-refractivity contribution in [1.29, 1.82) is 0 Å². The molecule has 1 saturated heterocycles. The van der Waals surface area contributed by atoms with E-state index in [4.69, 9.17) is 5.11 Å². The van der Waals surface area contributed by atoms with Crippen molar-refractivity contribution in [3.05, 3.63) is 29.8 Å². The molecule has 2 nitrogen and oxygen atoms in total. The highest BCUT2D eigenvalue weighted by molar-refractivity contribution is 7.99. The van der Waals surface area contributed by atoms with Crippen molar-refractivity contribution in [1.82, 2.24) is 0 Å². The second-order valence-corrected chi connectivity index (χ2v) is 5.74. The number of hydrogen-bond donors (Lipinski definition) is 2. The van der Waals surface area contributed by atoms with Crippen molar-refractivity contribution < 1.29 is 5.11 Å². The molecule has 1 aliphatic heterocycles. The summed E-state index contributed by atoms with van der Waals surface area (Å²) in [5.41, 5.74) is 2.54. The molecule has 0 amide bonds. The van der Waals surface area contributed by atoms with Gasteiger partial charge in [-0.1, -0.05) is 12.1 Å². The molecule has 0 aromatic heterocycles. The highest BCUT2D eigenvalue weighted by Crippen LogP contribution is 2.21. The second kappa shape index (κ2) is 6.92. The van der Waals surface area contributed by atoms with Crippen LogP contribution in [-0.4, -0.2) is 29.3 Å². The van der Waals surface area contributed by atoms with E-state index in [0.717, 1.165) is 12.8 Å². The van der Waals surface area contributed by atoms with E-state index >= 15 is 0 Å². The first-order chi connectivity index (χ1) is 8.38. The lowest BCUT2D eigenvalue weighted by atomic mass is 10.1. The third-order valence-corrected chi connectivity index (χ3v) is 4.30. The fourth-order valence-electron chi connectivity index (χ4n) is 2.19. The van der Waals surface area contributed by atoms with Crippen LogP contribution in [0, 0.1) is 0 Å².